The van der Waals surface area contributed by atoms with Gasteiger partial charge in [0.15, 0.2) is 5.79 Å². The fourth-order valence-electron chi connectivity index (χ4n) is 4.67. The van der Waals surface area contributed by atoms with Gasteiger partial charge in [-0.15, -0.1) is 0 Å². The molecule has 1 aromatic carbocycles. The third-order valence-electron chi connectivity index (χ3n) is 6.05. The highest BCUT2D eigenvalue weighted by Crippen LogP contribution is 2.65. The van der Waals surface area contributed by atoms with Gasteiger partial charge in [-0.25, -0.2) is 0 Å². The lowest BCUT2D eigenvalue weighted by atomic mass is 9.71. The monoisotopic (exact) mass is 286 g/mol. The summed E-state index contributed by atoms with van der Waals surface area (Å²) in [7, 11) is 0. The zero-order valence-electron chi connectivity index (χ0n) is 12.8. The number of carbonyl (C=O) groups excluding carboxylic acids is 1. The van der Waals surface area contributed by atoms with E-state index in [0.29, 0.717) is 31.8 Å². The van der Waals surface area contributed by atoms with Crippen LogP contribution in [0.2, 0.25) is 0 Å². The second kappa shape index (κ2) is 4.17. The van der Waals surface area contributed by atoms with E-state index in [4.69, 9.17) is 9.47 Å². The van der Waals surface area contributed by atoms with Crippen molar-refractivity contribution in [2.75, 3.05) is 0 Å². The summed E-state index contributed by atoms with van der Waals surface area (Å²) in [5.74, 6) is -0.116. The van der Waals surface area contributed by atoms with Crippen molar-refractivity contribution in [2.45, 2.75) is 58.5 Å². The summed E-state index contributed by atoms with van der Waals surface area (Å²) >= 11 is 0. The molecule has 0 saturated heterocycles. The highest BCUT2D eigenvalue weighted by atomic mass is 16.7. The molecule has 1 aliphatic heterocycles. The zero-order chi connectivity index (χ0) is 14.7. The summed E-state index contributed by atoms with van der Waals surface area (Å²) < 4.78 is 12.5. The lowest BCUT2D eigenvalue weighted by Gasteiger charge is -2.32. The number of ether oxygens (including phenoxy) is 2. The van der Waals surface area contributed by atoms with E-state index in [9.17, 15) is 4.79 Å². The summed E-state index contributed by atoms with van der Waals surface area (Å²) in [6.07, 6.45) is 3.00. The average Bonchev–Trinajstić information content (AvgIpc) is 2.66. The highest BCUT2D eigenvalue weighted by molar-refractivity contribution is 5.83. The van der Waals surface area contributed by atoms with Crippen molar-refractivity contribution in [1.29, 1.82) is 0 Å². The summed E-state index contributed by atoms with van der Waals surface area (Å²) in [5, 5.41) is 0. The van der Waals surface area contributed by atoms with Gasteiger partial charge in [0.2, 0.25) is 0 Å². The number of benzene rings is 1. The minimum atomic E-state index is -0.511. The third-order valence-corrected chi connectivity index (χ3v) is 6.05. The molecule has 4 rings (SSSR count). The molecule has 3 nitrogen and oxygen atoms in total. The predicted molar refractivity (Wildman–Crippen MR) is 78.4 cm³/mol. The number of ketones is 1. The van der Waals surface area contributed by atoms with Gasteiger partial charge in [0.05, 0.1) is 13.2 Å². The smallest absolute Gasteiger partial charge is 0.170 e. The normalized spacial score (nSPS) is 37.3. The Labute approximate surface area is 125 Å². The van der Waals surface area contributed by atoms with E-state index in [1.807, 2.05) is 12.1 Å². The first-order valence-corrected chi connectivity index (χ1v) is 7.80. The molecule has 0 unspecified atom stereocenters. The zero-order valence-corrected chi connectivity index (χ0v) is 12.8. The number of fused-ring (bicyclic) bond motifs is 2. The van der Waals surface area contributed by atoms with Crippen LogP contribution in [-0.4, -0.2) is 11.6 Å². The molecular weight excluding hydrogens is 264 g/mol. The van der Waals surface area contributed by atoms with E-state index in [-0.39, 0.29) is 10.8 Å². The number of Topliss-reactive ketones (excluding diaryl/α,β-unsaturated/α-hetero) is 1. The topological polar surface area (TPSA) is 35.5 Å². The van der Waals surface area contributed by atoms with Crippen LogP contribution < -0.4 is 0 Å². The molecule has 2 saturated carbocycles. The van der Waals surface area contributed by atoms with Gasteiger partial charge in [0, 0.05) is 25.7 Å². The summed E-state index contributed by atoms with van der Waals surface area (Å²) in [4.78, 5) is 11.9. The van der Waals surface area contributed by atoms with Crippen LogP contribution in [-0.2, 0) is 27.5 Å². The lowest BCUT2D eigenvalue weighted by molar-refractivity contribution is -0.245. The Hall–Kier alpha value is -1.19. The number of rotatable bonds is 0. The quantitative estimate of drug-likeness (QED) is 0.731. The molecule has 0 bridgehead atoms. The number of hydrogen-bond donors (Lipinski definition) is 0. The Morgan fingerprint density at radius 1 is 0.905 bits per heavy atom. The first kappa shape index (κ1) is 13.5. The van der Waals surface area contributed by atoms with Gasteiger partial charge in [0.25, 0.3) is 0 Å². The predicted octanol–water partition coefficient (Wildman–Crippen LogP) is 3.60. The van der Waals surface area contributed by atoms with Crippen molar-refractivity contribution in [3.05, 3.63) is 35.4 Å². The van der Waals surface area contributed by atoms with E-state index < -0.39 is 5.79 Å². The average molecular weight is 286 g/mol. The van der Waals surface area contributed by atoms with E-state index in [2.05, 4.69) is 26.0 Å². The highest BCUT2D eigenvalue weighted by Gasteiger charge is 2.64. The van der Waals surface area contributed by atoms with Gasteiger partial charge in [-0.2, -0.15) is 0 Å². The standard InChI is InChI=1S/C18H22O3/c1-16-7-15(19)8-17(16,2)12-18(11-16)20-9-13-5-3-4-6-14(13)10-21-18/h3-6H,7-12H2,1-2H3/t16-,17-/m1/s1. The molecular formula is C18H22O3. The van der Waals surface area contributed by atoms with Crippen molar-refractivity contribution < 1.29 is 14.3 Å². The molecule has 0 aromatic heterocycles. The van der Waals surface area contributed by atoms with Gasteiger partial charge < -0.3 is 9.47 Å². The van der Waals surface area contributed by atoms with Crippen LogP contribution in [0.3, 0.4) is 0 Å². The van der Waals surface area contributed by atoms with E-state index >= 15 is 0 Å². The molecule has 1 heterocycles. The minimum absolute atomic E-state index is 0.0145. The molecule has 2 fully saturated rings. The van der Waals surface area contributed by atoms with Gasteiger partial charge in [-0.3, -0.25) is 4.79 Å². The van der Waals surface area contributed by atoms with Crippen LogP contribution in [0.25, 0.3) is 0 Å². The Morgan fingerprint density at radius 3 is 1.86 bits per heavy atom. The molecule has 2 atom stereocenters. The van der Waals surface area contributed by atoms with Gasteiger partial charge in [-0.1, -0.05) is 38.1 Å². The SMILES string of the molecule is C[C@]12CC(=O)C[C@]1(C)CC1(C2)OCc2ccccc2CO1. The Kier molecular flexibility index (Phi) is 2.68. The van der Waals surface area contributed by atoms with Crippen LogP contribution in [0, 0.1) is 10.8 Å². The minimum Gasteiger partial charge on any atom is -0.345 e. The van der Waals surface area contributed by atoms with E-state index in [0.717, 1.165) is 12.8 Å². The van der Waals surface area contributed by atoms with Crippen LogP contribution in [0.15, 0.2) is 24.3 Å². The molecule has 3 heteroatoms. The van der Waals surface area contributed by atoms with Crippen molar-refractivity contribution in [1.82, 2.24) is 0 Å². The van der Waals surface area contributed by atoms with E-state index in [1.54, 1.807) is 0 Å². The third kappa shape index (κ3) is 1.91. The molecule has 2 aliphatic carbocycles. The van der Waals surface area contributed by atoms with Crippen LogP contribution >= 0.6 is 0 Å². The van der Waals surface area contributed by atoms with Gasteiger partial charge in [-0.05, 0) is 22.0 Å². The van der Waals surface area contributed by atoms with Crippen molar-refractivity contribution in [2.24, 2.45) is 10.8 Å². The van der Waals surface area contributed by atoms with Crippen LogP contribution in [0.5, 0.6) is 0 Å². The Bertz CT molecular complexity index is 557. The summed E-state index contributed by atoms with van der Waals surface area (Å²) in [6.45, 7) is 5.68. The summed E-state index contributed by atoms with van der Waals surface area (Å²) in [6, 6.07) is 8.32. The molecule has 0 radical (unpaired) electrons. The Balaban J connectivity index is 1.63. The first-order valence-electron chi connectivity index (χ1n) is 7.80. The van der Waals surface area contributed by atoms with Gasteiger partial charge >= 0.3 is 0 Å². The lowest BCUT2D eigenvalue weighted by Crippen LogP contribution is -2.33. The number of carbonyl (C=O) groups is 1. The molecule has 112 valence electrons. The van der Waals surface area contributed by atoms with Crippen LogP contribution in [0.1, 0.15) is 50.7 Å². The summed E-state index contributed by atoms with van der Waals surface area (Å²) in [5.41, 5.74) is 2.47. The molecule has 0 amide bonds. The first-order chi connectivity index (χ1) is 9.94. The fourth-order valence-corrected chi connectivity index (χ4v) is 4.67. The van der Waals surface area contributed by atoms with Gasteiger partial charge in [0.1, 0.15) is 5.78 Å². The Morgan fingerprint density at radius 2 is 1.38 bits per heavy atom. The largest absolute Gasteiger partial charge is 0.345 e. The van der Waals surface area contributed by atoms with Crippen LogP contribution in [0.4, 0.5) is 0 Å². The fraction of sp³-hybridized carbons (Fsp3) is 0.611. The maximum atomic E-state index is 11.9. The number of hydrogen-bond acceptors (Lipinski definition) is 3. The molecule has 1 spiro atoms. The van der Waals surface area contributed by atoms with Crippen molar-refractivity contribution >= 4 is 5.78 Å². The van der Waals surface area contributed by atoms with E-state index in [1.165, 1.54) is 11.1 Å². The maximum Gasteiger partial charge on any atom is 0.170 e. The molecule has 3 aliphatic rings. The molecule has 21 heavy (non-hydrogen) atoms. The molecule has 0 N–H and O–H groups in total. The second-order valence-electron chi connectivity index (χ2n) is 7.62. The molecule has 1 aromatic rings. The second-order valence-corrected chi connectivity index (χ2v) is 7.62. The maximum absolute atomic E-state index is 11.9. The van der Waals surface area contributed by atoms with Crippen molar-refractivity contribution in [3.8, 4) is 0 Å². The van der Waals surface area contributed by atoms with Crippen molar-refractivity contribution in [3.63, 3.8) is 0 Å².